The number of amides is 1. The van der Waals surface area contributed by atoms with Crippen molar-refractivity contribution < 1.29 is 31.9 Å². The van der Waals surface area contributed by atoms with E-state index in [0.717, 1.165) is 18.9 Å². The van der Waals surface area contributed by atoms with Crippen LogP contribution in [0, 0.1) is 0 Å². The normalized spacial score (nSPS) is 16.4. The first-order valence-electron chi connectivity index (χ1n) is 13.2. The summed E-state index contributed by atoms with van der Waals surface area (Å²) in [7, 11) is -0.400. The smallest absolute Gasteiger partial charge is 0.329 e. The lowest BCUT2D eigenvalue weighted by Gasteiger charge is -2.26. The monoisotopic (exact) mass is 636 g/mol. The fourth-order valence-electron chi connectivity index (χ4n) is 5.03. The molecule has 5 rings (SSSR count). The minimum Gasteiger partial charge on any atom is -0.329 e. The van der Waals surface area contributed by atoms with Crippen LogP contribution >= 0.6 is 8.25 Å². The number of hydrogen-bond donors (Lipinski definition) is 1. The van der Waals surface area contributed by atoms with Gasteiger partial charge < -0.3 is 9.47 Å². The Morgan fingerprint density at radius 3 is 2.55 bits per heavy atom. The third-order valence-corrected chi connectivity index (χ3v) is 7.68. The largest absolute Gasteiger partial charge is 0.696 e. The second-order valence-electron chi connectivity index (χ2n) is 10.0. The lowest BCUT2D eigenvalue weighted by molar-refractivity contribution is -0.146. The van der Waals surface area contributed by atoms with Crippen LogP contribution in [0.1, 0.15) is 25.8 Å². The van der Waals surface area contributed by atoms with Crippen LogP contribution < -0.4 is 21.0 Å². The van der Waals surface area contributed by atoms with Crippen molar-refractivity contribution in [1.29, 1.82) is 0 Å². The highest BCUT2D eigenvalue weighted by molar-refractivity contribution is 7.32. The standard InChI is InChI=1S/C25H25F3N9O6P/c1-14(36-12-31-20-19(36)22(39)34(3)24(40)33(20)2)21(38)37(13-43-44(41)42)18-8-4-6-16(32-18)15-10-29-23(30-11-15)35-9-5-7-17(35)25(26,27)28/h4,6,8,10-12,14,17H,5,7,9,13H2,1-3H3/p+1/t14-,17-/m0/s1. The number of aryl methyl sites for hydroxylation is 1. The Balaban J connectivity index is 1.47. The predicted octanol–water partition coefficient (Wildman–Crippen LogP) is 2.03. The van der Waals surface area contributed by atoms with E-state index in [9.17, 15) is 37.0 Å². The Hall–Kier alpha value is -4.54. The summed E-state index contributed by atoms with van der Waals surface area (Å²) in [5, 5.41) is 0. The Kier molecular flexibility index (Phi) is 8.33. The summed E-state index contributed by atoms with van der Waals surface area (Å²) in [6.07, 6.45) is -0.267. The molecule has 1 aliphatic heterocycles. The molecule has 232 valence electrons. The quantitative estimate of drug-likeness (QED) is 0.222. The summed E-state index contributed by atoms with van der Waals surface area (Å²) >= 11 is 0. The van der Waals surface area contributed by atoms with E-state index in [1.54, 1.807) is 6.07 Å². The third-order valence-electron chi connectivity index (χ3n) is 7.34. The van der Waals surface area contributed by atoms with Gasteiger partial charge in [0.05, 0.1) is 12.0 Å². The number of rotatable bonds is 8. The molecular weight excluding hydrogens is 610 g/mol. The molecule has 0 radical (unpaired) electrons. The first-order valence-corrected chi connectivity index (χ1v) is 14.3. The van der Waals surface area contributed by atoms with Gasteiger partial charge in [-0.2, -0.15) is 13.2 Å². The number of anilines is 2. The number of carbonyl (C=O) groups excluding carboxylic acids is 1. The van der Waals surface area contributed by atoms with Crippen LogP contribution in [-0.4, -0.2) is 69.9 Å². The molecule has 0 spiro atoms. The minimum absolute atomic E-state index is 0.0123. The highest BCUT2D eigenvalue weighted by atomic mass is 31.1. The van der Waals surface area contributed by atoms with Crippen LogP contribution in [0.3, 0.4) is 0 Å². The number of halogens is 3. The Bertz CT molecular complexity index is 1860. The summed E-state index contributed by atoms with van der Waals surface area (Å²) in [5.41, 5.74) is -0.670. The van der Waals surface area contributed by atoms with E-state index >= 15 is 0 Å². The van der Waals surface area contributed by atoms with E-state index in [4.69, 9.17) is 4.52 Å². The van der Waals surface area contributed by atoms with Gasteiger partial charge in [-0.15, -0.1) is 4.89 Å². The van der Waals surface area contributed by atoms with Crippen molar-refractivity contribution in [3.8, 4) is 11.3 Å². The van der Waals surface area contributed by atoms with Crippen LogP contribution in [0.4, 0.5) is 24.9 Å². The summed E-state index contributed by atoms with van der Waals surface area (Å²) in [4.78, 5) is 67.2. The van der Waals surface area contributed by atoms with E-state index in [1.165, 1.54) is 56.4 Å². The van der Waals surface area contributed by atoms with Crippen molar-refractivity contribution in [3.63, 3.8) is 0 Å². The molecule has 1 saturated heterocycles. The molecule has 1 unspecified atom stereocenters. The molecule has 1 fully saturated rings. The summed E-state index contributed by atoms with van der Waals surface area (Å²) < 4.78 is 59.8. The summed E-state index contributed by atoms with van der Waals surface area (Å²) in [6, 6.07) is 1.73. The van der Waals surface area contributed by atoms with Crippen molar-refractivity contribution in [1.82, 2.24) is 33.6 Å². The topological polar surface area (TPSA) is 171 Å². The first-order chi connectivity index (χ1) is 20.8. The van der Waals surface area contributed by atoms with E-state index < -0.39 is 50.4 Å². The van der Waals surface area contributed by atoms with E-state index in [-0.39, 0.29) is 41.6 Å². The van der Waals surface area contributed by atoms with E-state index in [1.807, 2.05) is 0 Å². The molecule has 0 aromatic carbocycles. The summed E-state index contributed by atoms with van der Waals surface area (Å²) in [6.45, 7) is 0.925. The van der Waals surface area contributed by atoms with Gasteiger partial charge in [-0.25, -0.2) is 24.7 Å². The highest BCUT2D eigenvalue weighted by Gasteiger charge is 2.46. The van der Waals surface area contributed by atoms with Crippen molar-refractivity contribution in [3.05, 3.63) is 57.8 Å². The fraction of sp³-hybridized carbons (Fsp3) is 0.400. The van der Waals surface area contributed by atoms with Crippen LogP contribution in [0.25, 0.3) is 22.4 Å². The molecule has 0 saturated carbocycles. The average molecular weight is 637 g/mol. The lowest BCUT2D eigenvalue weighted by atomic mass is 10.2. The first kappa shape index (κ1) is 30.9. The molecule has 1 amide bonds. The van der Waals surface area contributed by atoms with Gasteiger partial charge in [-0.05, 0) is 31.9 Å². The third kappa shape index (κ3) is 5.70. The van der Waals surface area contributed by atoms with Gasteiger partial charge in [-0.1, -0.05) is 10.6 Å². The maximum absolute atomic E-state index is 13.8. The van der Waals surface area contributed by atoms with Crippen molar-refractivity contribution in [2.45, 2.75) is 38.0 Å². The minimum atomic E-state index is -4.42. The second-order valence-corrected chi connectivity index (χ2v) is 10.7. The molecule has 1 N–H and O–H groups in total. The number of nitrogens with zero attached hydrogens (tertiary/aromatic N) is 9. The second kappa shape index (κ2) is 11.9. The molecule has 0 bridgehead atoms. The van der Waals surface area contributed by atoms with Gasteiger partial charge in [0, 0.05) is 43.2 Å². The van der Waals surface area contributed by atoms with Gasteiger partial charge >= 0.3 is 20.1 Å². The number of carbonyl (C=O) groups is 1. The van der Waals surface area contributed by atoms with E-state index in [0.29, 0.717) is 12.0 Å². The zero-order chi connectivity index (χ0) is 31.9. The van der Waals surface area contributed by atoms with Crippen LogP contribution in [0.5, 0.6) is 0 Å². The number of pyridine rings is 1. The van der Waals surface area contributed by atoms with Gasteiger partial charge in [-0.3, -0.25) is 23.6 Å². The molecule has 15 nitrogen and oxygen atoms in total. The van der Waals surface area contributed by atoms with Gasteiger partial charge in [0.25, 0.3) is 11.5 Å². The summed E-state index contributed by atoms with van der Waals surface area (Å²) in [5.74, 6) is -0.797. The molecule has 0 aliphatic carbocycles. The molecule has 4 aromatic heterocycles. The molecule has 3 atom stereocenters. The van der Waals surface area contributed by atoms with Gasteiger partial charge in [0.15, 0.2) is 17.9 Å². The number of hydrogen-bond acceptors (Lipinski definition) is 10. The predicted molar refractivity (Wildman–Crippen MR) is 150 cm³/mol. The maximum atomic E-state index is 13.8. The molecule has 4 aromatic rings. The SMILES string of the molecule is C[C@@H](C(=O)N(CO[P+](=O)O)c1cccc(-c2cnc(N3CCC[C@H]3C(F)(F)F)nc2)n1)n1cnc2c1c(=O)n(C)c(=O)n2C. The number of imidazole rings is 1. The Morgan fingerprint density at radius 1 is 1.18 bits per heavy atom. The van der Waals surface area contributed by atoms with Crippen molar-refractivity contribution in [2.75, 3.05) is 23.1 Å². The highest BCUT2D eigenvalue weighted by Crippen LogP contribution is 2.35. The van der Waals surface area contributed by atoms with Gasteiger partial charge in [0.2, 0.25) is 5.95 Å². The number of fused-ring (bicyclic) bond motifs is 1. The van der Waals surface area contributed by atoms with E-state index in [2.05, 4.69) is 19.9 Å². The Labute approximate surface area is 247 Å². The van der Waals surface area contributed by atoms with Crippen LogP contribution in [0.2, 0.25) is 0 Å². The zero-order valence-corrected chi connectivity index (χ0v) is 24.4. The lowest BCUT2D eigenvalue weighted by Crippen LogP contribution is -2.42. The molecule has 44 heavy (non-hydrogen) atoms. The fourth-order valence-corrected chi connectivity index (χ4v) is 5.25. The maximum Gasteiger partial charge on any atom is 0.696 e. The Morgan fingerprint density at radius 2 is 1.89 bits per heavy atom. The average Bonchev–Trinajstić information content (AvgIpc) is 3.67. The molecule has 19 heteroatoms. The molecule has 1 aliphatic rings. The molecular formula is C25H26F3N9O6P+. The van der Waals surface area contributed by atoms with Crippen molar-refractivity contribution in [2.24, 2.45) is 14.1 Å². The number of aromatic nitrogens is 7. The van der Waals surface area contributed by atoms with Crippen LogP contribution in [0.15, 0.2) is 46.5 Å². The van der Waals surface area contributed by atoms with Crippen LogP contribution in [-0.2, 0) is 28.0 Å². The van der Waals surface area contributed by atoms with Gasteiger partial charge in [0.1, 0.15) is 17.9 Å². The molecule has 5 heterocycles. The van der Waals surface area contributed by atoms with Crippen molar-refractivity contribution >= 4 is 37.1 Å². The zero-order valence-electron chi connectivity index (χ0n) is 23.5. The number of alkyl halides is 3.